The Bertz CT molecular complexity index is 372. The Kier molecular flexibility index (Phi) is 6.31. The van der Waals surface area contributed by atoms with Gasteiger partial charge in [0.05, 0.1) is 5.54 Å². The minimum atomic E-state index is -0.707. The molecule has 0 aliphatic carbocycles. The van der Waals surface area contributed by atoms with Gasteiger partial charge in [0.15, 0.2) is 0 Å². The molecule has 6 heteroatoms. The first-order valence-corrected chi connectivity index (χ1v) is 5.20. The van der Waals surface area contributed by atoms with E-state index in [0.717, 1.165) is 0 Å². The molecule has 0 aliphatic heterocycles. The Labute approximate surface area is 112 Å². The molecular formula is C11H16Cl2N2O2. The largest absolute Gasteiger partial charge is 0.487 e. The van der Waals surface area contributed by atoms with Crippen LogP contribution >= 0.6 is 24.0 Å². The van der Waals surface area contributed by atoms with Gasteiger partial charge in [-0.2, -0.15) is 0 Å². The third-order valence-electron chi connectivity index (χ3n) is 2.05. The maximum Gasteiger partial charge on any atom is 0.132 e. The number of hydrogen-bond acceptors (Lipinski definition) is 4. The minimum Gasteiger partial charge on any atom is -0.487 e. The molecule has 0 fully saturated rings. The van der Waals surface area contributed by atoms with E-state index in [1.54, 1.807) is 38.1 Å². The van der Waals surface area contributed by atoms with E-state index in [0.29, 0.717) is 16.5 Å². The Morgan fingerprint density at radius 1 is 1.41 bits per heavy atom. The molecule has 0 saturated heterocycles. The molecule has 1 aromatic rings. The molecule has 0 aliphatic rings. The Balaban J connectivity index is 0.00000256. The quantitative estimate of drug-likeness (QED) is 0.506. The lowest BCUT2D eigenvalue weighted by Gasteiger charge is -2.20. The van der Waals surface area contributed by atoms with Crippen molar-refractivity contribution < 1.29 is 9.94 Å². The van der Waals surface area contributed by atoms with Gasteiger partial charge in [0.1, 0.15) is 18.1 Å². The van der Waals surface area contributed by atoms with Crippen molar-refractivity contribution in [3.8, 4) is 5.75 Å². The van der Waals surface area contributed by atoms with Gasteiger partial charge in [0.25, 0.3) is 0 Å². The third-order valence-corrected chi connectivity index (χ3v) is 2.31. The SMILES string of the molecule is CC(C)(N)C(COc1ccc(Cl)cc1)=NO.Cl. The number of benzene rings is 1. The van der Waals surface area contributed by atoms with Crippen LogP contribution in [-0.2, 0) is 0 Å². The Hall–Kier alpha value is -0.970. The number of nitrogens with two attached hydrogens (primary N) is 1. The molecule has 0 atom stereocenters. The van der Waals surface area contributed by atoms with E-state index in [4.69, 9.17) is 27.3 Å². The zero-order valence-electron chi connectivity index (χ0n) is 9.68. The highest BCUT2D eigenvalue weighted by Crippen LogP contribution is 2.16. The average Bonchev–Trinajstić information content (AvgIpc) is 2.19. The fraction of sp³-hybridized carbons (Fsp3) is 0.364. The number of rotatable bonds is 4. The molecule has 1 rings (SSSR count). The first kappa shape index (κ1) is 16.0. The Morgan fingerprint density at radius 2 is 1.94 bits per heavy atom. The van der Waals surface area contributed by atoms with Crippen molar-refractivity contribution in [3.63, 3.8) is 0 Å². The van der Waals surface area contributed by atoms with Crippen molar-refractivity contribution >= 4 is 29.7 Å². The van der Waals surface area contributed by atoms with Gasteiger partial charge in [-0.3, -0.25) is 0 Å². The molecule has 0 unspecified atom stereocenters. The van der Waals surface area contributed by atoms with Gasteiger partial charge >= 0.3 is 0 Å². The number of nitrogens with zero attached hydrogens (tertiary/aromatic N) is 1. The molecule has 0 heterocycles. The van der Waals surface area contributed by atoms with Gasteiger partial charge in [0, 0.05) is 5.02 Å². The van der Waals surface area contributed by atoms with Crippen LogP contribution < -0.4 is 10.5 Å². The molecule has 0 amide bonds. The molecule has 3 N–H and O–H groups in total. The third kappa shape index (κ3) is 5.26. The zero-order chi connectivity index (χ0) is 12.2. The molecule has 0 spiro atoms. The van der Waals surface area contributed by atoms with E-state index in [1.807, 2.05) is 0 Å². The summed E-state index contributed by atoms with van der Waals surface area (Å²) in [7, 11) is 0. The number of oxime groups is 1. The standard InChI is InChI=1S/C11H15ClN2O2.ClH/c1-11(2,13)10(14-15)7-16-9-5-3-8(12)4-6-9;/h3-6,15H,7,13H2,1-2H3;1H. The molecular weight excluding hydrogens is 263 g/mol. The van der Waals surface area contributed by atoms with Crippen molar-refractivity contribution in [1.82, 2.24) is 0 Å². The molecule has 1 aromatic carbocycles. The van der Waals surface area contributed by atoms with Gasteiger partial charge in [0.2, 0.25) is 0 Å². The van der Waals surface area contributed by atoms with E-state index < -0.39 is 5.54 Å². The van der Waals surface area contributed by atoms with E-state index in [9.17, 15) is 0 Å². The van der Waals surface area contributed by atoms with Crippen LogP contribution in [0, 0.1) is 0 Å². The fourth-order valence-corrected chi connectivity index (χ4v) is 1.15. The fourth-order valence-electron chi connectivity index (χ4n) is 1.03. The number of hydrogen-bond donors (Lipinski definition) is 2. The maximum absolute atomic E-state index is 8.79. The summed E-state index contributed by atoms with van der Waals surface area (Å²) in [5.74, 6) is 0.648. The first-order valence-electron chi connectivity index (χ1n) is 4.82. The van der Waals surface area contributed by atoms with E-state index >= 15 is 0 Å². The summed E-state index contributed by atoms with van der Waals surface area (Å²) < 4.78 is 5.41. The second-order valence-corrected chi connectivity index (χ2v) is 4.45. The lowest BCUT2D eigenvalue weighted by molar-refractivity contribution is 0.299. The van der Waals surface area contributed by atoms with Crippen LogP contribution in [0.2, 0.25) is 5.02 Å². The number of ether oxygens (including phenoxy) is 1. The van der Waals surface area contributed by atoms with Crippen molar-refractivity contribution in [1.29, 1.82) is 0 Å². The summed E-state index contributed by atoms with van der Waals surface area (Å²) >= 11 is 5.73. The van der Waals surface area contributed by atoms with Crippen LogP contribution in [0.25, 0.3) is 0 Å². The molecule has 0 bridgehead atoms. The molecule has 4 nitrogen and oxygen atoms in total. The second kappa shape index (κ2) is 6.69. The summed E-state index contributed by atoms with van der Waals surface area (Å²) in [4.78, 5) is 0. The first-order chi connectivity index (χ1) is 7.43. The molecule has 0 aromatic heterocycles. The van der Waals surface area contributed by atoms with Crippen molar-refractivity contribution in [3.05, 3.63) is 29.3 Å². The van der Waals surface area contributed by atoms with Gasteiger partial charge in [-0.15, -0.1) is 12.4 Å². The second-order valence-electron chi connectivity index (χ2n) is 4.01. The average molecular weight is 279 g/mol. The zero-order valence-corrected chi connectivity index (χ0v) is 11.3. The van der Waals surface area contributed by atoms with Gasteiger partial charge in [-0.25, -0.2) is 0 Å². The summed E-state index contributed by atoms with van der Waals surface area (Å²) in [6.45, 7) is 3.63. The van der Waals surface area contributed by atoms with E-state index in [1.165, 1.54) is 0 Å². The topological polar surface area (TPSA) is 67.8 Å². The summed E-state index contributed by atoms with van der Waals surface area (Å²) in [5, 5.41) is 12.6. The summed E-state index contributed by atoms with van der Waals surface area (Å²) in [6, 6.07) is 6.92. The molecule has 0 radical (unpaired) electrons. The lowest BCUT2D eigenvalue weighted by Crippen LogP contribution is -2.44. The summed E-state index contributed by atoms with van der Waals surface area (Å²) in [5.41, 5.74) is 5.46. The van der Waals surface area contributed by atoms with Crippen LogP contribution in [0.1, 0.15) is 13.8 Å². The highest BCUT2D eigenvalue weighted by Gasteiger charge is 2.20. The van der Waals surface area contributed by atoms with Gasteiger partial charge < -0.3 is 15.7 Å². The van der Waals surface area contributed by atoms with Crippen LogP contribution in [0.5, 0.6) is 5.75 Å². The normalized spacial score (nSPS) is 11.9. The molecule has 0 saturated carbocycles. The van der Waals surface area contributed by atoms with Crippen molar-refractivity contribution in [2.75, 3.05) is 6.61 Å². The van der Waals surface area contributed by atoms with Crippen LogP contribution in [0.4, 0.5) is 0 Å². The van der Waals surface area contributed by atoms with Crippen molar-refractivity contribution in [2.45, 2.75) is 19.4 Å². The van der Waals surface area contributed by atoms with E-state index in [-0.39, 0.29) is 19.0 Å². The van der Waals surface area contributed by atoms with Gasteiger partial charge in [-0.1, -0.05) is 16.8 Å². The Morgan fingerprint density at radius 3 is 2.35 bits per heavy atom. The molecule has 96 valence electrons. The molecule has 17 heavy (non-hydrogen) atoms. The van der Waals surface area contributed by atoms with Crippen LogP contribution in [-0.4, -0.2) is 23.1 Å². The highest BCUT2D eigenvalue weighted by molar-refractivity contribution is 6.30. The maximum atomic E-state index is 8.79. The smallest absolute Gasteiger partial charge is 0.132 e. The van der Waals surface area contributed by atoms with E-state index in [2.05, 4.69) is 5.16 Å². The lowest BCUT2D eigenvalue weighted by atomic mass is 10.0. The predicted octanol–water partition coefficient (Wildman–Crippen LogP) is 2.71. The van der Waals surface area contributed by atoms with Gasteiger partial charge in [-0.05, 0) is 38.1 Å². The van der Waals surface area contributed by atoms with Crippen LogP contribution in [0.15, 0.2) is 29.4 Å². The minimum absolute atomic E-state index is 0. The monoisotopic (exact) mass is 278 g/mol. The predicted molar refractivity (Wildman–Crippen MR) is 71.7 cm³/mol. The van der Waals surface area contributed by atoms with Crippen molar-refractivity contribution in [2.24, 2.45) is 10.9 Å². The summed E-state index contributed by atoms with van der Waals surface area (Å²) in [6.07, 6.45) is 0. The number of halogens is 2. The highest BCUT2D eigenvalue weighted by atomic mass is 35.5. The van der Waals surface area contributed by atoms with Crippen LogP contribution in [0.3, 0.4) is 0 Å².